The van der Waals surface area contributed by atoms with Gasteiger partial charge in [0.05, 0.1) is 26.3 Å². The molecule has 0 bridgehead atoms. The van der Waals surface area contributed by atoms with Crippen LogP contribution >= 0.6 is 0 Å². The van der Waals surface area contributed by atoms with Crippen molar-refractivity contribution in [1.29, 1.82) is 0 Å². The van der Waals surface area contributed by atoms with Gasteiger partial charge in [-0.3, -0.25) is 0 Å². The molecule has 2 aromatic carbocycles. The predicted molar refractivity (Wildman–Crippen MR) is 106 cm³/mol. The summed E-state index contributed by atoms with van der Waals surface area (Å²) in [5, 5.41) is 2.93. The molecule has 1 unspecified atom stereocenters. The Morgan fingerprint density at radius 1 is 1.10 bits per heavy atom. The number of benzene rings is 2. The van der Waals surface area contributed by atoms with Crippen LogP contribution in [0.2, 0.25) is 0 Å². The molecule has 0 aromatic heterocycles. The van der Waals surface area contributed by atoms with Crippen LogP contribution < -0.4 is 25.3 Å². The number of methoxy groups -OCH3 is 2. The van der Waals surface area contributed by atoms with Crippen LogP contribution in [0.25, 0.3) is 0 Å². The fraction of sp³-hybridized carbons (Fsp3) is 0.350. The molecule has 0 aliphatic rings. The molecular formula is C20H24F3N3O3. The first-order valence-corrected chi connectivity index (χ1v) is 8.89. The maximum Gasteiger partial charge on any atom is 0.416 e. The maximum atomic E-state index is 12.8. The van der Waals surface area contributed by atoms with Gasteiger partial charge >= 0.3 is 6.18 Å². The van der Waals surface area contributed by atoms with Crippen molar-refractivity contribution < 1.29 is 27.4 Å². The van der Waals surface area contributed by atoms with E-state index in [4.69, 9.17) is 19.9 Å². The third kappa shape index (κ3) is 6.48. The number of halogens is 3. The Morgan fingerprint density at radius 3 is 2.45 bits per heavy atom. The first-order chi connectivity index (χ1) is 13.8. The summed E-state index contributed by atoms with van der Waals surface area (Å²) < 4.78 is 54.5. The van der Waals surface area contributed by atoms with E-state index in [2.05, 4.69) is 10.3 Å². The number of nitrogens with one attached hydrogen (secondary N) is 1. The van der Waals surface area contributed by atoms with Crippen molar-refractivity contribution in [2.75, 3.05) is 26.1 Å². The van der Waals surface area contributed by atoms with Crippen LogP contribution in [0.15, 0.2) is 47.5 Å². The van der Waals surface area contributed by atoms with Crippen LogP contribution in [0.1, 0.15) is 18.9 Å². The Bertz CT molecular complexity index is 841. The second-order valence-electron chi connectivity index (χ2n) is 6.09. The highest BCUT2D eigenvalue weighted by Gasteiger charge is 2.30. The molecule has 6 nitrogen and oxygen atoms in total. The van der Waals surface area contributed by atoms with Crippen molar-refractivity contribution in [2.24, 2.45) is 10.7 Å². The van der Waals surface area contributed by atoms with E-state index in [-0.39, 0.29) is 18.3 Å². The molecule has 0 aliphatic heterocycles. The Balaban J connectivity index is 2.01. The Morgan fingerprint density at radius 2 is 1.83 bits per heavy atom. The van der Waals surface area contributed by atoms with Gasteiger partial charge in [-0.25, -0.2) is 4.99 Å². The number of nitrogens with zero attached hydrogens (tertiary/aromatic N) is 1. The highest BCUT2D eigenvalue weighted by molar-refractivity contribution is 5.92. The minimum Gasteiger partial charge on any atom is -0.493 e. The fourth-order valence-corrected chi connectivity index (χ4v) is 2.49. The van der Waals surface area contributed by atoms with E-state index in [1.165, 1.54) is 26.4 Å². The largest absolute Gasteiger partial charge is 0.493 e. The number of guanidine groups is 1. The number of aliphatic imine (C=N–C) groups is 1. The van der Waals surface area contributed by atoms with Crippen molar-refractivity contribution >= 4 is 11.6 Å². The molecule has 0 saturated carbocycles. The molecule has 1 atom stereocenters. The summed E-state index contributed by atoms with van der Waals surface area (Å²) in [4.78, 5) is 4.22. The number of hydrogen-bond donors (Lipinski definition) is 2. The van der Waals surface area contributed by atoms with E-state index in [0.717, 1.165) is 12.1 Å². The number of alkyl halides is 3. The first kappa shape index (κ1) is 22.2. The molecule has 0 radical (unpaired) electrons. The zero-order chi connectivity index (χ0) is 21.4. The second-order valence-corrected chi connectivity index (χ2v) is 6.09. The van der Waals surface area contributed by atoms with Crippen molar-refractivity contribution in [3.63, 3.8) is 0 Å². The summed E-state index contributed by atoms with van der Waals surface area (Å²) in [6.07, 6.45) is -4.31. The van der Waals surface area contributed by atoms with Gasteiger partial charge in [0.1, 0.15) is 11.9 Å². The van der Waals surface area contributed by atoms with E-state index >= 15 is 0 Å². The molecule has 29 heavy (non-hydrogen) atoms. The first-order valence-electron chi connectivity index (χ1n) is 8.89. The van der Waals surface area contributed by atoms with Crippen molar-refractivity contribution in [1.82, 2.24) is 0 Å². The minimum atomic E-state index is -4.42. The molecule has 2 aromatic rings. The van der Waals surface area contributed by atoms with E-state index in [0.29, 0.717) is 23.6 Å². The number of ether oxygens (including phenoxy) is 3. The summed E-state index contributed by atoms with van der Waals surface area (Å²) in [5.41, 5.74) is 5.80. The molecular weight excluding hydrogens is 387 g/mol. The van der Waals surface area contributed by atoms with Gasteiger partial charge in [0.2, 0.25) is 0 Å². The Labute approximate surface area is 167 Å². The standard InChI is InChI=1S/C20H24F3N3O3/c1-4-15(29-16-7-5-6-13(10-16)20(21,22)23)12-25-19(24)26-14-8-9-17(27-2)18(11-14)28-3/h5-11,15H,4,12H2,1-3H3,(H3,24,25,26). The third-order valence-corrected chi connectivity index (χ3v) is 4.04. The second kappa shape index (κ2) is 9.90. The maximum absolute atomic E-state index is 12.8. The van der Waals surface area contributed by atoms with E-state index in [9.17, 15) is 13.2 Å². The van der Waals surface area contributed by atoms with Gasteiger partial charge < -0.3 is 25.3 Å². The molecule has 158 valence electrons. The molecule has 0 spiro atoms. The van der Waals surface area contributed by atoms with Crippen LogP contribution in [-0.4, -0.2) is 32.8 Å². The normalized spacial score (nSPS) is 13.0. The lowest BCUT2D eigenvalue weighted by molar-refractivity contribution is -0.137. The topological polar surface area (TPSA) is 78.1 Å². The molecule has 0 saturated heterocycles. The van der Waals surface area contributed by atoms with Gasteiger partial charge in [-0.2, -0.15) is 13.2 Å². The van der Waals surface area contributed by atoms with Crippen LogP contribution in [0.3, 0.4) is 0 Å². The Hall–Kier alpha value is -3.10. The molecule has 9 heteroatoms. The van der Waals surface area contributed by atoms with Crippen LogP contribution in [-0.2, 0) is 6.18 Å². The number of hydrogen-bond acceptors (Lipinski definition) is 4. The van der Waals surface area contributed by atoms with Crippen molar-refractivity contribution in [2.45, 2.75) is 25.6 Å². The zero-order valence-corrected chi connectivity index (χ0v) is 16.4. The van der Waals surface area contributed by atoms with Crippen molar-refractivity contribution in [3.8, 4) is 17.2 Å². The SMILES string of the molecule is CCC(CN=C(N)Nc1ccc(OC)c(OC)c1)Oc1cccc(C(F)(F)F)c1. The van der Waals surface area contributed by atoms with Gasteiger partial charge in [0.15, 0.2) is 17.5 Å². The van der Waals surface area contributed by atoms with Crippen LogP contribution in [0.4, 0.5) is 18.9 Å². The fourth-order valence-electron chi connectivity index (χ4n) is 2.49. The molecule has 2 rings (SSSR count). The summed E-state index contributed by atoms with van der Waals surface area (Å²) in [6.45, 7) is 2.03. The van der Waals surface area contributed by atoms with Gasteiger partial charge in [-0.05, 0) is 36.8 Å². The molecule has 0 heterocycles. The van der Waals surface area contributed by atoms with Gasteiger partial charge in [-0.1, -0.05) is 13.0 Å². The predicted octanol–water partition coefficient (Wildman–Crippen LogP) is 4.31. The third-order valence-electron chi connectivity index (χ3n) is 4.04. The number of anilines is 1. The van der Waals surface area contributed by atoms with Gasteiger partial charge in [-0.15, -0.1) is 0 Å². The lowest BCUT2D eigenvalue weighted by atomic mass is 10.2. The van der Waals surface area contributed by atoms with E-state index < -0.39 is 17.8 Å². The lowest BCUT2D eigenvalue weighted by Gasteiger charge is -2.17. The van der Waals surface area contributed by atoms with Crippen LogP contribution in [0, 0.1) is 0 Å². The van der Waals surface area contributed by atoms with Gasteiger partial charge in [0.25, 0.3) is 0 Å². The minimum absolute atomic E-state index is 0.133. The van der Waals surface area contributed by atoms with Crippen LogP contribution in [0.5, 0.6) is 17.2 Å². The van der Waals surface area contributed by atoms with E-state index in [1.807, 2.05) is 6.92 Å². The molecule has 0 amide bonds. The van der Waals surface area contributed by atoms with Crippen molar-refractivity contribution in [3.05, 3.63) is 48.0 Å². The Kier molecular flexibility index (Phi) is 7.58. The molecule has 0 aliphatic carbocycles. The highest BCUT2D eigenvalue weighted by atomic mass is 19.4. The highest BCUT2D eigenvalue weighted by Crippen LogP contribution is 2.32. The smallest absolute Gasteiger partial charge is 0.416 e. The quantitative estimate of drug-likeness (QED) is 0.500. The summed E-state index contributed by atoms with van der Waals surface area (Å²) in [7, 11) is 3.06. The summed E-state index contributed by atoms with van der Waals surface area (Å²) >= 11 is 0. The lowest BCUT2D eigenvalue weighted by Crippen LogP contribution is -2.26. The molecule has 3 N–H and O–H groups in total. The number of rotatable bonds is 8. The average molecular weight is 411 g/mol. The summed E-state index contributed by atoms with van der Waals surface area (Å²) in [6, 6.07) is 9.93. The zero-order valence-electron chi connectivity index (χ0n) is 16.4. The average Bonchev–Trinajstić information content (AvgIpc) is 2.70. The summed E-state index contributed by atoms with van der Waals surface area (Å²) in [5.74, 6) is 1.38. The monoisotopic (exact) mass is 411 g/mol. The number of nitrogens with two attached hydrogens (primary N) is 1. The molecule has 0 fully saturated rings. The van der Waals surface area contributed by atoms with E-state index in [1.54, 1.807) is 18.2 Å². The van der Waals surface area contributed by atoms with Gasteiger partial charge in [0, 0.05) is 11.8 Å².